The SMILES string of the molecule is COC(=O)c1ccc(N2C(=O)NC(=O)/C(=C\c3cc(I)c(OCc4ccccc4Br)c(OC)c3)C2=O)cc1. The number of barbiturate groups is 1. The highest BCUT2D eigenvalue weighted by molar-refractivity contribution is 14.1. The Labute approximate surface area is 240 Å². The number of hydrogen-bond acceptors (Lipinski definition) is 7. The fraction of sp³-hybridized carbons (Fsp3) is 0.111. The van der Waals surface area contributed by atoms with Crippen molar-refractivity contribution in [1.82, 2.24) is 5.32 Å². The van der Waals surface area contributed by atoms with Crippen molar-refractivity contribution in [3.8, 4) is 11.5 Å². The minimum atomic E-state index is -0.897. The van der Waals surface area contributed by atoms with Crippen molar-refractivity contribution in [1.29, 1.82) is 0 Å². The second-order valence-electron chi connectivity index (χ2n) is 7.91. The maximum Gasteiger partial charge on any atom is 0.337 e. The van der Waals surface area contributed by atoms with E-state index in [-0.39, 0.29) is 16.8 Å². The molecule has 0 radical (unpaired) electrons. The van der Waals surface area contributed by atoms with Gasteiger partial charge in [0.1, 0.15) is 12.2 Å². The number of nitrogens with zero attached hydrogens (tertiary/aromatic N) is 1. The number of urea groups is 1. The van der Waals surface area contributed by atoms with Crippen LogP contribution in [0.25, 0.3) is 6.08 Å². The number of imide groups is 2. The van der Waals surface area contributed by atoms with Crippen molar-refractivity contribution >= 4 is 74.1 Å². The average molecular weight is 691 g/mol. The molecule has 1 aliphatic heterocycles. The molecule has 1 saturated heterocycles. The molecular formula is C27H20BrIN2O7. The van der Waals surface area contributed by atoms with Crippen LogP contribution < -0.4 is 19.7 Å². The number of nitrogens with one attached hydrogen (secondary N) is 1. The van der Waals surface area contributed by atoms with Gasteiger partial charge in [0.25, 0.3) is 11.8 Å². The molecule has 1 aliphatic rings. The Morgan fingerprint density at radius 1 is 1.05 bits per heavy atom. The van der Waals surface area contributed by atoms with Crippen LogP contribution in [0.15, 0.2) is 70.7 Å². The van der Waals surface area contributed by atoms with E-state index in [2.05, 4.69) is 48.6 Å². The molecule has 4 rings (SSSR count). The lowest BCUT2D eigenvalue weighted by Gasteiger charge is -2.26. The number of ether oxygens (including phenoxy) is 3. The second kappa shape index (κ2) is 11.8. The number of hydrogen-bond donors (Lipinski definition) is 1. The van der Waals surface area contributed by atoms with Crippen LogP contribution >= 0.6 is 38.5 Å². The summed E-state index contributed by atoms with van der Waals surface area (Å²) in [5.41, 5.74) is 1.62. The number of methoxy groups -OCH3 is 2. The smallest absolute Gasteiger partial charge is 0.337 e. The average Bonchev–Trinajstić information content (AvgIpc) is 2.90. The number of rotatable bonds is 7. The quantitative estimate of drug-likeness (QED) is 0.159. The minimum Gasteiger partial charge on any atom is -0.493 e. The van der Waals surface area contributed by atoms with Crippen LogP contribution in [-0.4, -0.2) is 38.0 Å². The van der Waals surface area contributed by atoms with Crippen LogP contribution in [0.3, 0.4) is 0 Å². The molecule has 3 aromatic carbocycles. The third-order valence-electron chi connectivity index (χ3n) is 5.54. The predicted molar refractivity (Wildman–Crippen MR) is 151 cm³/mol. The van der Waals surface area contributed by atoms with E-state index in [1.54, 1.807) is 12.1 Å². The molecule has 0 bridgehead atoms. The summed E-state index contributed by atoms with van der Waals surface area (Å²) < 4.78 is 17.8. The van der Waals surface area contributed by atoms with Gasteiger partial charge in [0.15, 0.2) is 11.5 Å². The van der Waals surface area contributed by atoms with E-state index in [0.29, 0.717) is 27.2 Å². The van der Waals surface area contributed by atoms with E-state index in [1.807, 2.05) is 24.3 Å². The standard InChI is InChI=1S/C27H20BrIN2O7/c1-36-22-13-15(12-21(29)23(22)38-14-17-5-3-4-6-20(17)28)11-19-24(32)30-27(35)31(25(19)33)18-9-7-16(8-10-18)26(34)37-2/h3-13H,14H2,1-2H3,(H,30,32,35)/b19-11+. The topological polar surface area (TPSA) is 111 Å². The van der Waals surface area contributed by atoms with Gasteiger partial charge in [-0.15, -0.1) is 0 Å². The van der Waals surface area contributed by atoms with Crippen LogP contribution in [0, 0.1) is 3.57 Å². The van der Waals surface area contributed by atoms with Gasteiger partial charge in [0.05, 0.1) is 29.0 Å². The van der Waals surface area contributed by atoms with Gasteiger partial charge in [-0.1, -0.05) is 34.1 Å². The van der Waals surface area contributed by atoms with E-state index < -0.39 is 23.8 Å². The number of benzene rings is 3. The van der Waals surface area contributed by atoms with Gasteiger partial charge in [0.2, 0.25) is 0 Å². The Morgan fingerprint density at radius 3 is 2.42 bits per heavy atom. The Balaban J connectivity index is 1.63. The summed E-state index contributed by atoms with van der Waals surface area (Å²) in [5.74, 6) is -1.29. The van der Waals surface area contributed by atoms with E-state index in [1.165, 1.54) is 44.6 Å². The first-order chi connectivity index (χ1) is 18.2. The number of esters is 1. The van der Waals surface area contributed by atoms with Crippen LogP contribution in [-0.2, 0) is 20.9 Å². The minimum absolute atomic E-state index is 0.182. The molecule has 3 aromatic rings. The highest BCUT2D eigenvalue weighted by Gasteiger charge is 2.37. The predicted octanol–water partition coefficient (Wildman–Crippen LogP) is 5.09. The lowest BCUT2D eigenvalue weighted by Crippen LogP contribution is -2.54. The summed E-state index contributed by atoms with van der Waals surface area (Å²) >= 11 is 5.59. The molecule has 11 heteroatoms. The third kappa shape index (κ3) is 5.73. The summed E-state index contributed by atoms with van der Waals surface area (Å²) in [6, 6.07) is 15.8. The summed E-state index contributed by atoms with van der Waals surface area (Å²) in [5, 5.41) is 2.18. The van der Waals surface area contributed by atoms with Crippen molar-refractivity contribution in [2.24, 2.45) is 0 Å². The maximum absolute atomic E-state index is 13.2. The molecule has 1 N–H and O–H groups in total. The first-order valence-corrected chi connectivity index (χ1v) is 12.9. The number of halogens is 2. The molecule has 1 fully saturated rings. The van der Waals surface area contributed by atoms with Crippen LogP contribution in [0.1, 0.15) is 21.5 Å². The summed E-state index contributed by atoms with van der Waals surface area (Å²) in [7, 11) is 2.74. The molecule has 9 nitrogen and oxygen atoms in total. The van der Waals surface area contributed by atoms with Crippen molar-refractivity contribution < 1.29 is 33.4 Å². The molecule has 0 atom stereocenters. The third-order valence-corrected chi connectivity index (χ3v) is 7.12. The maximum atomic E-state index is 13.2. The normalized spacial score (nSPS) is 14.4. The Bertz CT molecular complexity index is 1470. The van der Waals surface area contributed by atoms with E-state index in [0.717, 1.165) is 14.9 Å². The molecule has 0 saturated carbocycles. The number of carbonyl (C=O) groups is 4. The summed E-state index contributed by atoms with van der Waals surface area (Å²) in [6.45, 7) is 0.293. The molecule has 1 heterocycles. The van der Waals surface area contributed by atoms with Gasteiger partial charge in [-0.2, -0.15) is 0 Å². The lowest BCUT2D eigenvalue weighted by atomic mass is 10.1. The van der Waals surface area contributed by atoms with Crippen LogP contribution in [0.2, 0.25) is 0 Å². The first-order valence-electron chi connectivity index (χ1n) is 11.1. The highest BCUT2D eigenvalue weighted by atomic mass is 127. The first kappa shape index (κ1) is 27.3. The largest absolute Gasteiger partial charge is 0.493 e. The molecular weight excluding hydrogens is 671 g/mol. The molecule has 0 aromatic heterocycles. The van der Waals surface area contributed by atoms with Gasteiger partial charge in [-0.05, 0) is 76.7 Å². The van der Waals surface area contributed by atoms with Crippen molar-refractivity contribution in [3.05, 3.63) is 91.0 Å². The fourth-order valence-electron chi connectivity index (χ4n) is 3.65. The Kier molecular flexibility index (Phi) is 8.47. The monoisotopic (exact) mass is 690 g/mol. The highest BCUT2D eigenvalue weighted by Crippen LogP contribution is 2.36. The summed E-state index contributed by atoms with van der Waals surface area (Å²) in [6.07, 6.45) is 1.38. The van der Waals surface area contributed by atoms with Crippen LogP contribution in [0.5, 0.6) is 11.5 Å². The number of anilines is 1. The Hall–Kier alpha value is -3.71. The zero-order valence-electron chi connectivity index (χ0n) is 20.1. The van der Waals surface area contributed by atoms with E-state index >= 15 is 0 Å². The second-order valence-corrected chi connectivity index (χ2v) is 9.93. The lowest BCUT2D eigenvalue weighted by molar-refractivity contribution is -0.122. The van der Waals surface area contributed by atoms with Gasteiger partial charge in [-0.25, -0.2) is 14.5 Å². The van der Waals surface area contributed by atoms with Gasteiger partial charge in [0, 0.05) is 10.0 Å². The van der Waals surface area contributed by atoms with E-state index in [9.17, 15) is 19.2 Å². The van der Waals surface area contributed by atoms with Gasteiger partial charge in [-0.3, -0.25) is 14.9 Å². The van der Waals surface area contributed by atoms with Crippen molar-refractivity contribution in [2.45, 2.75) is 6.61 Å². The molecule has 0 aliphatic carbocycles. The van der Waals surface area contributed by atoms with Crippen LogP contribution in [0.4, 0.5) is 10.5 Å². The molecule has 0 unspecified atom stereocenters. The molecule has 0 spiro atoms. The molecule has 4 amide bonds. The van der Waals surface area contributed by atoms with Gasteiger partial charge < -0.3 is 14.2 Å². The zero-order valence-corrected chi connectivity index (χ0v) is 23.9. The zero-order chi connectivity index (χ0) is 27.4. The molecule has 194 valence electrons. The summed E-state index contributed by atoms with van der Waals surface area (Å²) in [4.78, 5) is 50.9. The molecule has 38 heavy (non-hydrogen) atoms. The Morgan fingerprint density at radius 2 is 1.76 bits per heavy atom. The number of carbonyl (C=O) groups excluding carboxylic acids is 4. The number of amides is 4. The van der Waals surface area contributed by atoms with Gasteiger partial charge >= 0.3 is 12.0 Å². The van der Waals surface area contributed by atoms with Crippen molar-refractivity contribution in [3.63, 3.8) is 0 Å². The fourth-order valence-corrected chi connectivity index (χ4v) is 4.83. The van der Waals surface area contributed by atoms with E-state index in [4.69, 9.17) is 9.47 Å². The van der Waals surface area contributed by atoms with Crippen molar-refractivity contribution in [2.75, 3.05) is 19.1 Å².